The molecule has 25 heavy (non-hydrogen) atoms. The van der Waals surface area contributed by atoms with Gasteiger partial charge in [-0.1, -0.05) is 18.2 Å². The number of carbonyl (C=O) groups excluding carboxylic acids is 2. The Balaban J connectivity index is 1.41. The monoisotopic (exact) mass is 358 g/mol. The van der Waals surface area contributed by atoms with Crippen LogP contribution in [0.2, 0.25) is 0 Å². The summed E-state index contributed by atoms with van der Waals surface area (Å²) in [5.74, 6) is 0.0351. The molecule has 0 saturated heterocycles. The van der Waals surface area contributed by atoms with E-state index in [0.29, 0.717) is 23.6 Å². The van der Waals surface area contributed by atoms with Gasteiger partial charge in [-0.15, -0.1) is 11.3 Å². The van der Waals surface area contributed by atoms with E-state index in [-0.39, 0.29) is 11.7 Å². The summed E-state index contributed by atoms with van der Waals surface area (Å²) in [5, 5.41) is 12.5. The van der Waals surface area contributed by atoms with Gasteiger partial charge in [-0.25, -0.2) is 5.48 Å². The van der Waals surface area contributed by atoms with Crippen molar-refractivity contribution in [2.45, 2.75) is 19.3 Å². The standard InChI is InChI=1S/C18H18N2O4S/c21-17(20-23)14-9-8-13(24-14)6-3-4-10-19-18(22)16-11-12-5-1-2-7-15(12)25-16/h1-2,5,7-9,11,23H,3-4,6,10H2,(H,19,22)(H,20,21). The fourth-order valence-electron chi connectivity index (χ4n) is 2.50. The lowest BCUT2D eigenvalue weighted by atomic mass is 10.2. The molecule has 0 fully saturated rings. The largest absolute Gasteiger partial charge is 0.456 e. The third-order valence-electron chi connectivity index (χ3n) is 3.77. The van der Waals surface area contributed by atoms with Crippen LogP contribution in [-0.2, 0) is 6.42 Å². The van der Waals surface area contributed by atoms with Gasteiger partial charge in [0, 0.05) is 17.7 Å². The summed E-state index contributed by atoms with van der Waals surface area (Å²) < 4.78 is 6.41. The lowest BCUT2D eigenvalue weighted by molar-refractivity contribution is 0.0674. The van der Waals surface area contributed by atoms with Crippen LogP contribution in [-0.4, -0.2) is 23.6 Å². The minimum Gasteiger partial charge on any atom is -0.456 e. The molecule has 130 valence electrons. The molecule has 7 heteroatoms. The maximum Gasteiger partial charge on any atom is 0.310 e. The fourth-order valence-corrected chi connectivity index (χ4v) is 3.48. The number of aryl methyl sites for hydroxylation is 1. The predicted octanol–water partition coefficient (Wildman–Crippen LogP) is 3.37. The average Bonchev–Trinajstić information content (AvgIpc) is 3.27. The zero-order valence-electron chi connectivity index (χ0n) is 13.5. The van der Waals surface area contributed by atoms with Crippen molar-refractivity contribution in [2.24, 2.45) is 0 Å². The number of hydroxylamine groups is 1. The van der Waals surface area contributed by atoms with E-state index in [4.69, 9.17) is 9.62 Å². The Labute approximate surface area is 148 Å². The number of benzene rings is 1. The molecule has 0 atom stereocenters. The van der Waals surface area contributed by atoms with Crippen molar-refractivity contribution in [3.05, 3.63) is 58.9 Å². The maximum atomic E-state index is 12.2. The molecule has 0 aliphatic carbocycles. The van der Waals surface area contributed by atoms with E-state index in [0.717, 1.165) is 22.9 Å². The molecular formula is C18H18N2O4S. The van der Waals surface area contributed by atoms with Crippen LogP contribution in [0.25, 0.3) is 10.1 Å². The van der Waals surface area contributed by atoms with Crippen molar-refractivity contribution in [1.82, 2.24) is 10.8 Å². The van der Waals surface area contributed by atoms with Crippen LogP contribution in [0.15, 0.2) is 46.9 Å². The van der Waals surface area contributed by atoms with Crippen molar-refractivity contribution in [3.63, 3.8) is 0 Å². The highest BCUT2D eigenvalue weighted by Crippen LogP contribution is 2.25. The number of nitrogens with one attached hydrogen (secondary N) is 2. The van der Waals surface area contributed by atoms with Gasteiger partial charge in [-0.3, -0.25) is 14.8 Å². The quantitative estimate of drug-likeness (QED) is 0.343. The molecule has 2 heterocycles. The molecule has 0 bridgehead atoms. The van der Waals surface area contributed by atoms with Crippen molar-refractivity contribution in [2.75, 3.05) is 6.54 Å². The second kappa shape index (κ2) is 7.96. The zero-order chi connectivity index (χ0) is 17.6. The predicted molar refractivity (Wildman–Crippen MR) is 95.1 cm³/mol. The Morgan fingerprint density at radius 2 is 1.92 bits per heavy atom. The van der Waals surface area contributed by atoms with E-state index in [1.165, 1.54) is 22.9 Å². The molecule has 2 amide bonds. The van der Waals surface area contributed by atoms with E-state index < -0.39 is 5.91 Å². The molecule has 3 aromatic rings. The minimum absolute atomic E-state index is 0.0545. The van der Waals surface area contributed by atoms with Crippen LogP contribution in [0.5, 0.6) is 0 Å². The second-order valence-corrected chi connectivity index (χ2v) is 6.65. The molecule has 3 N–H and O–H groups in total. The van der Waals surface area contributed by atoms with Gasteiger partial charge in [0.05, 0.1) is 4.88 Å². The van der Waals surface area contributed by atoms with Crippen molar-refractivity contribution < 1.29 is 19.2 Å². The number of furan rings is 1. The molecule has 0 aliphatic heterocycles. The van der Waals surface area contributed by atoms with Gasteiger partial charge in [0.25, 0.3) is 5.91 Å². The number of hydrogen-bond donors (Lipinski definition) is 3. The summed E-state index contributed by atoms with van der Waals surface area (Å²) >= 11 is 1.49. The SMILES string of the molecule is O=C(NO)c1ccc(CCCCNC(=O)c2cc3ccccc3s2)o1. The topological polar surface area (TPSA) is 91.6 Å². The van der Waals surface area contributed by atoms with Gasteiger partial charge in [-0.2, -0.15) is 0 Å². The van der Waals surface area contributed by atoms with Crippen LogP contribution in [0.4, 0.5) is 0 Å². The Morgan fingerprint density at radius 3 is 2.72 bits per heavy atom. The first-order valence-electron chi connectivity index (χ1n) is 7.97. The van der Waals surface area contributed by atoms with Crippen molar-refractivity contribution in [3.8, 4) is 0 Å². The average molecular weight is 358 g/mol. The number of amides is 2. The van der Waals surface area contributed by atoms with E-state index in [9.17, 15) is 9.59 Å². The Morgan fingerprint density at radius 1 is 1.08 bits per heavy atom. The van der Waals surface area contributed by atoms with E-state index in [1.54, 1.807) is 6.07 Å². The molecule has 6 nitrogen and oxygen atoms in total. The summed E-state index contributed by atoms with van der Waals surface area (Å²) in [7, 11) is 0. The summed E-state index contributed by atoms with van der Waals surface area (Å²) in [6, 6.07) is 13.1. The number of thiophene rings is 1. The van der Waals surface area contributed by atoms with Crippen LogP contribution in [0, 0.1) is 0 Å². The van der Waals surface area contributed by atoms with Crippen LogP contribution in [0.1, 0.15) is 38.8 Å². The van der Waals surface area contributed by atoms with E-state index in [2.05, 4.69) is 5.32 Å². The van der Waals surface area contributed by atoms with Crippen LogP contribution >= 0.6 is 11.3 Å². The Kier molecular flexibility index (Phi) is 5.47. The van der Waals surface area contributed by atoms with Gasteiger partial charge in [0.15, 0.2) is 5.76 Å². The highest BCUT2D eigenvalue weighted by molar-refractivity contribution is 7.20. The summed E-state index contributed by atoms with van der Waals surface area (Å²) in [5.41, 5.74) is 1.53. The molecule has 0 unspecified atom stereocenters. The fraction of sp³-hybridized carbons (Fsp3) is 0.222. The van der Waals surface area contributed by atoms with Gasteiger partial charge in [0.1, 0.15) is 5.76 Å². The first-order valence-corrected chi connectivity index (χ1v) is 8.79. The second-order valence-electron chi connectivity index (χ2n) is 5.57. The maximum absolute atomic E-state index is 12.2. The van der Waals surface area contributed by atoms with Gasteiger partial charge in [-0.05, 0) is 42.5 Å². The van der Waals surface area contributed by atoms with E-state index in [1.807, 2.05) is 30.3 Å². The molecule has 0 aliphatic rings. The molecule has 3 rings (SSSR count). The third-order valence-corrected chi connectivity index (χ3v) is 4.89. The first-order chi connectivity index (χ1) is 12.2. The number of unbranched alkanes of at least 4 members (excludes halogenated alkanes) is 1. The first kappa shape index (κ1) is 17.2. The molecular weight excluding hydrogens is 340 g/mol. The lowest BCUT2D eigenvalue weighted by Crippen LogP contribution is -2.23. The van der Waals surface area contributed by atoms with Gasteiger partial charge < -0.3 is 9.73 Å². The Bertz CT molecular complexity index is 851. The number of fused-ring (bicyclic) bond motifs is 1. The van der Waals surface area contributed by atoms with Crippen molar-refractivity contribution >= 4 is 33.2 Å². The highest BCUT2D eigenvalue weighted by Gasteiger charge is 2.11. The Hall–Kier alpha value is -2.64. The smallest absolute Gasteiger partial charge is 0.310 e. The number of carbonyl (C=O) groups is 2. The summed E-state index contributed by atoms with van der Waals surface area (Å²) in [6.07, 6.45) is 2.29. The molecule has 1 aromatic carbocycles. The highest BCUT2D eigenvalue weighted by atomic mass is 32.1. The number of rotatable bonds is 7. The minimum atomic E-state index is -0.665. The molecule has 0 saturated carbocycles. The molecule has 2 aromatic heterocycles. The summed E-state index contributed by atoms with van der Waals surface area (Å²) in [4.78, 5) is 24.1. The van der Waals surface area contributed by atoms with Gasteiger partial charge >= 0.3 is 5.91 Å². The molecule has 0 radical (unpaired) electrons. The lowest BCUT2D eigenvalue weighted by Gasteiger charge is -2.02. The van der Waals surface area contributed by atoms with Crippen LogP contribution in [0.3, 0.4) is 0 Å². The summed E-state index contributed by atoms with van der Waals surface area (Å²) in [6.45, 7) is 0.581. The normalized spacial score (nSPS) is 10.8. The van der Waals surface area contributed by atoms with Crippen LogP contribution < -0.4 is 10.8 Å². The molecule has 0 spiro atoms. The number of hydrogen-bond acceptors (Lipinski definition) is 5. The van der Waals surface area contributed by atoms with E-state index >= 15 is 0 Å². The van der Waals surface area contributed by atoms with Crippen molar-refractivity contribution in [1.29, 1.82) is 0 Å². The zero-order valence-corrected chi connectivity index (χ0v) is 14.3. The van der Waals surface area contributed by atoms with Gasteiger partial charge in [0.2, 0.25) is 0 Å². The third kappa shape index (κ3) is 4.26.